The van der Waals surface area contributed by atoms with Crippen LogP contribution in [0, 0.1) is 0 Å². The highest BCUT2D eigenvalue weighted by atomic mass is 15.1. The molecule has 244 valence electrons. The molecule has 52 heavy (non-hydrogen) atoms. The highest BCUT2D eigenvalue weighted by molar-refractivity contribution is 6.16. The molecular formula is C47H31N5. The Morgan fingerprint density at radius 3 is 1.69 bits per heavy atom. The van der Waals surface area contributed by atoms with Crippen molar-refractivity contribution in [3.63, 3.8) is 0 Å². The zero-order valence-electron chi connectivity index (χ0n) is 28.1. The number of anilines is 3. The standard InChI is InChI=1S/C47H31N5/c1-4-16-33(17-5-1)45-48-46(34-18-6-2-7-19-34)50-47(49-45)35-20-14-23-37(31-35)52-41-26-13-11-24-38(41)44-39-28-27-32-15-10-12-25-40(32)51(36-21-8-3-9-22-36)42(39)29-30-43(44)52/h1-31H. The van der Waals surface area contributed by atoms with Crippen LogP contribution in [0.5, 0.6) is 0 Å². The van der Waals surface area contributed by atoms with E-state index in [1.54, 1.807) is 0 Å². The SMILES string of the molecule is C1=Cc2c(ccc3c2c2ccccc2n3-c2cccc(-c3nc(-c4ccccc4)nc(-c4ccccc4)n3)c2)N(c2ccccc2)c2ccccc21. The third-order valence-electron chi connectivity index (χ3n) is 9.78. The second kappa shape index (κ2) is 12.3. The lowest BCUT2D eigenvalue weighted by Gasteiger charge is -2.27. The first kappa shape index (κ1) is 29.8. The number of hydrogen-bond donors (Lipinski definition) is 0. The molecule has 0 saturated heterocycles. The zero-order valence-corrected chi connectivity index (χ0v) is 28.1. The van der Waals surface area contributed by atoms with Gasteiger partial charge in [-0.25, -0.2) is 15.0 Å². The minimum atomic E-state index is 0.628. The molecule has 7 aromatic carbocycles. The lowest BCUT2D eigenvalue weighted by Crippen LogP contribution is -2.11. The third kappa shape index (κ3) is 4.98. The summed E-state index contributed by atoms with van der Waals surface area (Å²) >= 11 is 0. The van der Waals surface area contributed by atoms with Crippen LogP contribution >= 0.6 is 0 Å². The average Bonchev–Trinajstić information content (AvgIpc) is 3.46. The first-order valence-electron chi connectivity index (χ1n) is 17.5. The van der Waals surface area contributed by atoms with Crippen molar-refractivity contribution < 1.29 is 0 Å². The van der Waals surface area contributed by atoms with Gasteiger partial charge in [0.05, 0.1) is 22.4 Å². The van der Waals surface area contributed by atoms with Gasteiger partial charge in [-0.2, -0.15) is 0 Å². The Bertz CT molecular complexity index is 2730. The number of fused-ring (bicyclic) bond motifs is 6. The molecule has 5 heteroatoms. The van der Waals surface area contributed by atoms with Crippen molar-refractivity contribution in [2.24, 2.45) is 0 Å². The second-order valence-electron chi connectivity index (χ2n) is 12.9. The van der Waals surface area contributed by atoms with E-state index in [1.807, 2.05) is 60.7 Å². The molecule has 10 rings (SSSR count). The Morgan fingerprint density at radius 2 is 0.962 bits per heavy atom. The molecule has 9 aromatic rings. The molecule has 0 N–H and O–H groups in total. The van der Waals surface area contributed by atoms with Crippen molar-refractivity contribution in [1.82, 2.24) is 19.5 Å². The fourth-order valence-electron chi connectivity index (χ4n) is 7.43. The summed E-state index contributed by atoms with van der Waals surface area (Å²) in [6.07, 6.45) is 4.53. The number of para-hydroxylation sites is 3. The van der Waals surface area contributed by atoms with E-state index in [0.717, 1.165) is 50.5 Å². The van der Waals surface area contributed by atoms with E-state index in [4.69, 9.17) is 15.0 Å². The lowest BCUT2D eigenvalue weighted by atomic mass is 10.0. The predicted octanol–water partition coefficient (Wildman–Crippen LogP) is 11.9. The molecule has 0 spiro atoms. The van der Waals surface area contributed by atoms with E-state index in [0.29, 0.717) is 17.5 Å². The molecule has 0 saturated carbocycles. The monoisotopic (exact) mass is 665 g/mol. The predicted molar refractivity (Wildman–Crippen MR) is 214 cm³/mol. The summed E-state index contributed by atoms with van der Waals surface area (Å²) in [7, 11) is 0. The van der Waals surface area contributed by atoms with Gasteiger partial charge in [-0.3, -0.25) is 0 Å². The molecule has 0 amide bonds. The molecule has 3 heterocycles. The number of hydrogen-bond acceptors (Lipinski definition) is 4. The van der Waals surface area contributed by atoms with Crippen LogP contribution in [0.3, 0.4) is 0 Å². The van der Waals surface area contributed by atoms with Crippen LogP contribution < -0.4 is 4.90 Å². The van der Waals surface area contributed by atoms with E-state index >= 15 is 0 Å². The molecule has 0 atom stereocenters. The molecule has 0 radical (unpaired) electrons. The fraction of sp³-hybridized carbons (Fsp3) is 0. The maximum atomic E-state index is 5.03. The summed E-state index contributed by atoms with van der Waals surface area (Å²) in [5, 5.41) is 2.41. The first-order chi connectivity index (χ1) is 25.8. The van der Waals surface area contributed by atoms with Crippen LogP contribution in [-0.2, 0) is 0 Å². The van der Waals surface area contributed by atoms with Crippen LogP contribution in [0.25, 0.3) is 73.8 Å². The zero-order chi connectivity index (χ0) is 34.4. The summed E-state index contributed by atoms with van der Waals surface area (Å²) in [4.78, 5) is 17.3. The summed E-state index contributed by atoms with van der Waals surface area (Å²) in [6, 6.07) is 61.2. The van der Waals surface area contributed by atoms with Gasteiger partial charge < -0.3 is 9.47 Å². The van der Waals surface area contributed by atoms with Crippen LogP contribution in [0.2, 0.25) is 0 Å². The van der Waals surface area contributed by atoms with Crippen molar-refractivity contribution in [3.8, 4) is 39.9 Å². The van der Waals surface area contributed by atoms with Gasteiger partial charge in [-0.15, -0.1) is 0 Å². The molecule has 0 fully saturated rings. The Morgan fingerprint density at radius 1 is 0.385 bits per heavy atom. The van der Waals surface area contributed by atoms with E-state index in [-0.39, 0.29) is 0 Å². The maximum Gasteiger partial charge on any atom is 0.164 e. The number of rotatable bonds is 5. The van der Waals surface area contributed by atoms with Crippen LogP contribution in [0.4, 0.5) is 17.1 Å². The van der Waals surface area contributed by atoms with Gasteiger partial charge in [0.1, 0.15) is 0 Å². The van der Waals surface area contributed by atoms with Gasteiger partial charge in [0.25, 0.3) is 0 Å². The molecule has 2 aromatic heterocycles. The third-order valence-corrected chi connectivity index (χ3v) is 9.78. The average molecular weight is 666 g/mol. The van der Waals surface area contributed by atoms with E-state index < -0.39 is 0 Å². The highest BCUT2D eigenvalue weighted by Crippen LogP contribution is 2.46. The van der Waals surface area contributed by atoms with Crippen molar-refractivity contribution in [3.05, 3.63) is 187 Å². The Balaban J connectivity index is 1.18. The quantitative estimate of drug-likeness (QED) is 0.184. The summed E-state index contributed by atoms with van der Waals surface area (Å²) in [5.41, 5.74) is 11.9. The largest absolute Gasteiger partial charge is 0.309 e. The molecule has 5 nitrogen and oxygen atoms in total. The van der Waals surface area contributed by atoms with Gasteiger partial charge in [-0.1, -0.05) is 140 Å². The van der Waals surface area contributed by atoms with Crippen molar-refractivity contribution in [2.75, 3.05) is 4.90 Å². The maximum absolute atomic E-state index is 5.03. The van der Waals surface area contributed by atoms with Crippen LogP contribution in [0.1, 0.15) is 11.1 Å². The summed E-state index contributed by atoms with van der Waals surface area (Å²) in [5.74, 6) is 1.92. The molecule has 0 aliphatic carbocycles. The van der Waals surface area contributed by atoms with Gasteiger partial charge in [-0.05, 0) is 54.1 Å². The van der Waals surface area contributed by atoms with Crippen LogP contribution in [0.15, 0.2) is 176 Å². The Labute approximate surface area is 301 Å². The number of benzene rings is 7. The number of nitrogens with zero attached hydrogens (tertiary/aromatic N) is 5. The molecular weight excluding hydrogens is 635 g/mol. The van der Waals surface area contributed by atoms with Gasteiger partial charge in [0.15, 0.2) is 17.5 Å². The van der Waals surface area contributed by atoms with Gasteiger partial charge >= 0.3 is 0 Å². The fourth-order valence-corrected chi connectivity index (χ4v) is 7.43. The Kier molecular flexibility index (Phi) is 7.07. The smallest absolute Gasteiger partial charge is 0.164 e. The van der Waals surface area contributed by atoms with Gasteiger partial charge in [0, 0.05) is 44.4 Å². The molecule has 0 bridgehead atoms. The summed E-state index contributed by atoms with van der Waals surface area (Å²) < 4.78 is 2.37. The van der Waals surface area contributed by atoms with E-state index in [9.17, 15) is 0 Å². The van der Waals surface area contributed by atoms with Crippen molar-refractivity contribution >= 4 is 51.0 Å². The normalized spacial score (nSPS) is 12.1. The lowest BCUT2D eigenvalue weighted by molar-refractivity contribution is 1.07. The highest BCUT2D eigenvalue weighted by Gasteiger charge is 2.24. The molecule has 1 aliphatic rings. The van der Waals surface area contributed by atoms with Crippen molar-refractivity contribution in [1.29, 1.82) is 0 Å². The molecule has 1 aliphatic heterocycles. The van der Waals surface area contributed by atoms with Gasteiger partial charge in [0.2, 0.25) is 0 Å². The first-order valence-corrected chi connectivity index (χ1v) is 17.5. The topological polar surface area (TPSA) is 46.8 Å². The minimum absolute atomic E-state index is 0.628. The Hall–Kier alpha value is -7.11. The summed E-state index contributed by atoms with van der Waals surface area (Å²) in [6.45, 7) is 0. The van der Waals surface area contributed by atoms with Crippen molar-refractivity contribution in [2.45, 2.75) is 0 Å². The van der Waals surface area contributed by atoms with E-state index in [2.05, 4.69) is 137 Å². The second-order valence-corrected chi connectivity index (χ2v) is 12.9. The van der Waals surface area contributed by atoms with Crippen LogP contribution in [-0.4, -0.2) is 19.5 Å². The molecule has 0 unspecified atom stereocenters. The minimum Gasteiger partial charge on any atom is -0.309 e. The van der Waals surface area contributed by atoms with E-state index in [1.165, 1.54) is 21.9 Å². The number of aromatic nitrogens is 4.